The van der Waals surface area contributed by atoms with Crippen molar-refractivity contribution >= 4 is 35.9 Å². The van der Waals surface area contributed by atoms with Crippen LogP contribution in [0.3, 0.4) is 0 Å². The molecular formula is C30H35Cl2N3O8. The smallest absolute Gasteiger partial charge is 0.323 e. The van der Waals surface area contributed by atoms with Gasteiger partial charge in [-0.05, 0) is 66.6 Å². The molecule has 1 saturated heterocycles. The topological polar surface area (TPSA) is 155 Å². The summed E-state index contributed by atoms with van der Waals surface area (Å²) in [7, 11) is 0. The van der Waals surface area contributed by atoms with Crippen molar-refractivity contribution in [3.05, 3.63) is 76.8 Å². The molecule has 1 fully saturated rings. The van der Waals surface area contributed by atoms with Crippen LogP contribution in [0.5, 0.6) is 28.7 Å². The van der Waals surface area contributed by atoms with E-state index >= 15 is 0 Å². The Kier molecular flexibility index (Phi) is 11.7. The number of carboxylic acid groups (broad SMARTS) is 1. The second-order valence-electron chi connectivity index (χ2n) is 10.3. The molecule has 0 aromatic heterocycles. The summed E-state index contributed by atoms with van der Waals surface area (Å²) in [5, 5.41) is 27.7. The third-order valence-electron chi connectivity index (χ3n) is 6.84. The first kappa shape index (κ1) is 33.6. The standard InChI is InChI=1S/C20H21ClN2O4.C10H13NO4.ClH/c21-16-2-4-17(5-3-16)25-13-20(24)23-9-7-22(8-10-23)12-15-1-6-18-19(11-15)27-14-26-18;1-10(11,9(14)15)5-6-2-3-7(12)8(13)4-6;/h1-6,11H,7-10,12-14H2;2-4,12-13H,5,11H2,1H3,(H,14,15);1H. The summed E-state index contributed by atoms with van der Waals surface area (Å²) < 4.78 is 16.3. The number of carbonyl (C=O) groups excluding carboxylic acids is 1. The molecule has 5 N–H and O–H groups in total. The van der Waals surface area contributed by atoms with Crippen molar-refractivity contribution in [1.29, 1.82) is 0 Å². The molecule has 2 aliphatic rings. The maximum absolute atomic E-state index is 12.4. The van der Waals surface area contributed by atoms with Gasteiger partial charge in [0.25, 0.3) is 5.91 Å². The van der Waals surface area contributed by atoms with Crippen LogP contribution in [-0.4, -0.2) is 82.1 Å². The van der Waals surface area contributed by atoms with E-state index in [1.807, 2.05) is 17.0 Å². The first-order chi connectivity index (χ1) is 20.0. The largest absolute Gasteiger partial charge is 0.504 e. The molecule has 0 spiro atoms. The van der Waals surface area contributed by atoms with Crippen molar-refractivity contribution in [3.63, 3.8) is 0 Å². The number of phenols is 2. The molecule has 11 nitrogen and oxygen atoms in total. The molecule has 3 aromatic rings. The van der Waals surface area contributed by atoms with E-state index in [-0.39, 0.29) is 49.6 Å². The highest BCUT2D eigenvalue weighted by atomic mass is 35.5. The zero-order valence-electron chi connectivity index (χ0n) is 23.6. The Morgan fingerprint density at radius 2 is 1.58 bits per heavy atom. The number of rotatable bonds is 8. The normalized spacial score (nSPS) is 15.4. The van der Waals surface area contributed by atoms with Gasteiger partial charge in [0.1, 0.15) is 11.3 Å². The van der Waals surface area contributed by atoms with Crippen molar-refractivity contribution in [1.82, 2.24) is 9.80 Å². The summed E-state index contributed by atoms with van der Waals surface area (Å²) in [4.78, 5) is 27.3. The first-order valence-corrected chi connectivity index (χ1v) is 13.7. The summed E-state index contributed by atoms with van der Waals surface area (Å²) in [5.41, 5.74) is 5.89. The van der Waals surface area contributed by atoms with Crippen LogP contribution in [0.1, 0.15) is 18.1 Å². The van der Waals surface area contributed by atoms with Crippen molar-refractivity contribution in [2.24, 2.45) is 5.73 Å². The van der Waals surface area contributed by atoms with E-state index in [1.165, 1.54) is 30.7 Å². The number of fused-ring (bicyclic) bond motifs is 1. The van der Waals surface area contributed by atoms with Gasteiger partial charge in [0.05, 0.1) is 0 Å². The Balaban J connectivity index is 0.000000271. The number of nitrogens with two attached hydrogens (primary N) is 1. The fraction of sp³-hybridized carbons (Fsp3) is 0.333. The number of piperazine rings is 1. The summed E-state index contributed by atoms with van der Waals surface area (Å²) in [5.74, 6) is 0.619. The minimum atomic E-state index is -1.39. The highest BCUT2D eigenvalue weighted by Crippen LogP contribution is 2.33. The molecule has 232 valence electrons. The fourth-order valence-electron chi connectivity index (χ4n) is 4.40. The van der Waals surface area contributed by atoms with E-state index in [9.17, 15) is 14.7 Å². The van der Waals surface area contributed by atoms with Crippen LogP contribution in [0.15, 0.2) is 60.7 Å². The molecule has 0 aliphatic carbocycles. The minimum absolute atomic E-state index is 0. The summed E-state index contributed by atoms with van der Waals surface area (Å²) in [6, 6.07) is 17.2. The van der Waals surface area contributed by atoms with Crippen molar-refractivity contribution in [2.45, 2.75) is 25.4 Å². The Morgan fingerprint density at radius 3 is 2.23 bits per heavy atom. The number of aliphatic carboxylic acids is 1. The summed E-state index contributed by atoms with van der Waals surface area (Å²) >= 11 is 5.85. The molecule has 0 radical (unpaired) electrons. The SMILES string of the molecule is CC(N)(Cc1ccc(O)c(O)c1)C(=O)O.Cl.O=C(COc1ccc(Cl)cc1)N1CCN(Cc2ccc3c(c2)OCO3)CC1. The lowest BCUT2D eigenvalue weighted by atomic mass is 9.94. The van der Waals surface area contributed by atoms with Crippen LogP contribution in [0.25, 0.3) is 0 Å². The average Bonchev–Trinajstić information content (AvgIpc) is 3.43. The monoisotopic (exact) mass is 635 g/mol. The second-order valence-corrected chi connectivity index (χ2v) is 10.7. The van der Waals surface area contributed by atoms with Crippen LogP contribution in [0.4, 0.5) is 0 Å². The second kappa shape index (κ2) is 15.0. The zero-order chi connectivity index (χ0) is 30.3. The van der Waals surface area contributed by atoms with E-state index in [2.05, 4.69) is 11.0 Å². The molecular weight excluding hydrogens is 601 g/mol. The Hall–Kier alpha value is -3.90. The Morgan fingerprint density at radius 1 is 0.930 bits per heavy atom. The lowest BCUT2D eigenvalue weighted by molar-refractivity contribution is -0.142. The highest BCUT2D eigenvalue weighted by Gasteiger charge is 2.28. The Bertz CT molecular complexity index is 1400. The van der Waals surface area contributed by atoms with Crippen LogP contribution in [0.2, 0.25) is 5.02 Å². The van der Waals surface area contributed by atoms with Crippen molar-refractivity contribution in [3.8, 4) is 28.7 Å². The third kappa shape index (κ3) is 9.55. The molecule has 1 unspecified atom stereocenters. The number of ether oxygens (including phenoxy) is 3. The molecule has 5 rings (SSSR count). The average molecular weight is 637 g/mol. The maximum Gasteiger partial charge on any atom is 0.323 e. The highest BCUT2D eigenvalue weighted by molar-refractivity contribution is 6.30. The number of amides is 1. The number of hydrogen-bond donors (Lipinski definition) is 4. The van der Waals surface area contributed by atoms with Gasteiger partial charge in [-0.2, -0.15) is 0 Å². The van der Waals surface area contributed by atoms with E-state index in [0.29, 0.717) is 29.4 Å². The predicted octanol–water partition coefficient (Wildman–Crippen LogP) is 3.66. The molecule has 43 heavy (non-hydrogen) atoms. The molecule has 3 aromatic carbocycles. The van der Waals surface area contributed by atoms with Gasteiger partial charge in [0.15, 0.2) is 29.6 Å². The number of hydrogen-bond acceptors (Lipinski definition) is 9. The van der Waals surface area contributed by atoms with Crippen molar-refractivity contribution < 1.29 is 39.1 Å². The first-order valence-electron chi connectivity index (χ1n) is 13.3. The van der Waals surface area contributed by atoms with Gasteiger partial charge < -0.3 is 40.2 Å². The molecule has 2 aliphatic heterocycles. The quantitative estimate of drug-likeness (QED) is 0.269. The molecule has 0 bridgehead atoms. The van der Waals surface area contributed by atoms with E-state index in [4.69, 9.17) is 41.8 Å². The number of nitrogens with zero attached hydrogens (tertiary/aromatic N) is 2. The van der Waals surface area contributed by atoms with Crippen LogP contribution in [-0.2, 0) is 22.6 Å². The maximum atomic E-state index is 12.4. The fourth-order valence-corrected chi connectivity index (χ4v) is 4.52. The van der Waals surface area contributed by atoms with E-state index in [0.717, 1.165) is 31.1 Å². The number of benzene rings is 3. The van der Waals surface area contributed by atoms with Crippen molar-refractivity contribution in [2.75, 3.05) is 39.6 Å². The predicted molar refractivity (Wildman–Crippen MR) is 162 cm³/mol. The summed E-state index contributed by atoms with van der Waals surface area (Å²) in [6.07, 6.45) is 0.0795. The summed E-state index contributed by atoms with van der Waals surface area (Å²) in [6.45, 7) is 5.63. The van der Waals surface area contributed by atoms with Gasteiger partial charge in [-0.1, -0.05) is 23.7 Å². The third-order valence-corrected chi connectivity index (χ3v) is 7.10. The van der Waals surface area contributed by atoms with Gasteiger partial charge in [-0.15, -0.1) is 12.4 Å². The number of carbonyl (C=O) groups is 2. The number of aromatic hydroxyl groups is 2. The lowest BCUT2D eigenvalue weighted by Crippen LogP contribution is -2.49. The molecule has 2 heterocycles. The Labute approximate surface area is 260 Å². The zero-order valence-corrected chi connectivity index (χ0v) is 25.1. The molecule has 1 atom stereocenters. The van der Waals surface area contributed by atoms with Gasteiger partial charge in [0, 0.05) is 44.2 Å². The number of halogens is 2. The van der Waals surface area contributed by atoms with Gasteiger partial charge in [0.2, 0.25) is 6.79 Å². The number of phenolic OH excluding ortho intramolecular Hbond substituents is 2. The van der Waals surface area contributed by atoms with Gasteiger partial charge in [-0.3, -0.25) is 14.5 Å². The van der Waals surface area contributed by atoms with Crippen LogP contribution >= 0.6 is 24.0 Å². The molecule has 1 amide bonds. The van der Waals surface area contributed by atoms with Crippen LogP contribution < -0.4 is 19.9 Å². The van der Waals surface area contributed by atoms with Crippen LogP contribution in [0, 0.1) is 0 Å². The lowest BCUT2D eigenvalue weighted by Gasteiger charge is -2.34. The molecule has 0 saturated carbocycles. The van der Waals surface area contributed by atoms with Gasteiger partial charge in [-0.25, -0.2) is 0 Å². The van der Waals surface area contributed by atoms with Gasteiger partial charge >= 0.3 is 5.97 Å². The van der Waals surface area contributed by atoms with E-state index in [1.54, 1.807) is 24.3 Å². The van der Waals surface area contributed by atoms with E-state index < -0.39 is 11.5 Å². The molecule has 13 heteroatoms. The number of carboxylic acids is 1. The minimum Gasteiger partial charge on any atom is -0.504 e.